The molecule has 0 radical (unpaired) electrons. The molecule has 1 aromatic heterocycles. The zero-order chi connectivity index (χ0) is 13.3. The van der Waals surface area contributed by atoms with Gasteiger partial charge in [0.25, 0.3) is 0 Å². The van der Waals surface area contributed by atoms with Crippen molar-refractivity contribution in [1.29, 1.82) is 0 Å². The summed E-state index contributed by atoms with van der Waals surface area (Å²) in [5, 5.41) is 11.2. The van der Waals surface area contributed by atoms with Crippen molar-refractivity contribution < 1.29 is 5.11 Å². The number of hydrogen-bond donors (Lipinski definition) is 2. The maximum absolute atomic E-state index is 10.7. The number of aromatic nitrogens is 1. The first-order chi connectivity index (χ1) is 9.16. The van der Waals surface area contributed by atoms with Crippen LogP contribution in [-0.4, -0.2) is 28.1 Å². The van der Waals surface area contributed by atoms with Gasteiger partial charge in [-0.3, -0.25) is 4.90 Å². The Bertz CT molecular complexity index is 557. The number of likely N-dealkylation sites (tertiary alicyclic amines) is 1. The highest BCUT2D eigenvalue weighted by atomic mass is 32.1. The third-order valence-electron chi connectivity index (χ3n) is 3.56. The fourth-order valence-corrected chi connectivity index (χ4v) is 3.34. The molecule has 0 amide bonds. The summed E-state index contributed by atoms with van der Waals surface area (Å²) in [6.45, 7) is 2.41. The van der Waals surface area contributed by atoms with Gasteiger partial charge in [0.05, 0.1) is 4.88 Å². The Morgan fingerprint density at radius 1 is 1.37 bits per heavy atom. The predicted molar refractivity (Wildman–Crippen MR) is 76.8 cm³/mol. The first kappa shape index (κ1) is 12.6. The molecular formula is C14H17N3OS. The lowest BCUT2D eigenvalue weighted by Gasteiger charge is -2.21. The number of aliphatic hydroxyl groups is 1. The molecule has 1 aliphatic rings. The van der Waals surface area contributed by atoms with Gasteiger partial charge in [-0.1, -0.05) is 41.7 Å². The van der Waals surface area contributed by atoms with Gasteiger partial charge in [0.2, 0.25) is 0 Å². The molecular weight excluding hydrogens is 258 g/mol. The Labute approximate surface area is 116 Å². The number of thiazole rings is 1. The van der Waals surface area contributed by atoms with Crippen molar-refractivity contribution in [2.24, 2.45) is 0 Å². The smallest absolute Gasteiger partial charge is 0.180 e. The van der Waals surface area contributed by atoms with Gasteiger partial charge in [-0.15, -0.1) is 0 Å². The van der Waals surface area contributed by atoms with Crippen LogP contribution in [0, 0.1) is 0 Å². The summed E-state index contributed by atoms with van der Waals surface area (Å²) in [5.74, 6) is 0. The molecule has 0 spiro atoms. The van der Waals surface area contributed by atoms with Crippen LogP contribution in [0.4, 0.5) is 5.13 Å². The van der Waals surface area contributed by atoms with Crippen LogP contribution in [-0.2, 0) is 12.1 Å². The quantitative estimate of drug-likeness (QED) is 0.897. The standard InChI is InChI=1S/C14H17N3OS/c15-13-16-8-12(19-13)14(18)6-7-17(10-14)9-11-4-2-1-3-5-11/h1-5,8,18H,6-7,9-10H2,(H2,15,16). The van der Waals surface area contributed by atoms with Crippen LogP contribution in [0.5, 0.6) is 0 Å². The van der Waals surface area contributed by atoms with Crippen molar-refractivity contribution in [1.82, 2.24) is 9.88 Å². The molecule has 0 aliphatic carbocycles. The lowest BCUT2D eigenvalue weighted by molar-refractivity contribution is 0.0487. The second-order valence-corrected chi connectivity index (χ2v) is 6.10. The molecule has 19 heavy (non-hydrogen) atoms. The zero-order valence-corrected chi connectivity index (χ0v) is 11.4. The first-order valence-corrected chi connectivity index (χ1v) is 7.18. The van der Waals surface area contributed by atoms with E-state index in [0.29, 0.717) is 11.7 Å². The van der Waals surface area contributed by atoms with E-state index in [4.69, 9.17) is 5.73 Å². The van der Waals surface area contributed by atoms with Crippen LogP contribution in [0.3, 0.4) is 0 Å². The number of hydrogen-bond acceptors (Lipinski definition) is 5. The van der Waals surface area contributed by atoms with Gasteiger partial charge >= 0.3 is 0 Å². The third kappa shape index (κ3) is 2.63. The number of β-amino-alcohol motifs (C(OH)–C–C–N with tert-alkyl or cyclic N) is 1. The van der Waals surface area contributed by atoms with Crippen LogP contribution in [0.1, 0.15) is 16.9 Å². The molecule has 1 fully saturated rings. The van der Waals surface area contributed by atoms with Crippen molar-refractivity contribution in [2.75, 3.05) is 18.8 Å². The molecule has 5 heteroatoms. The summed E-state index contributed by atoms with van der Waals surface area (Å²) >= 11 is 1.38. The summed E-state index contributed by atoms with van der Waals surface area (Å²) < 4.78 is 0. The average molecular weight is 275 g/mol. The summed E-state index contributed by atoms with van der Waals surface area (Å²) in [4.78, 5) is 7.18. The fraction of sp³-hybridized carbons (Fsp3) is 0.357. The van der Waals surface area contributed by atoms with Gasteiger partial charge < -0.3 is 10.8 Å². The molecule has 1 aromatic carbocycles. The maximum Gasteiger partial charge on any atom is 0.180 e. The SMILES string of the molecule is Nc1ncc(C2(O)CCN(Cc3ccccc3)C2)s1. The maximum atomic E-state index is 10.7. The lowest BCUT2D eigenvalue weighted by Crippen LogP contribution is -2.29. The Morgan fingerprint density at radius 3 is 2.84 bits per heavy atom. The van der Waals surface area contributed by atoms with Crippen LogP contribution >= 0.6 is 11.3 Å². The molecule has 0 saturated carbocycles. The van der Waals surface area contributed by atoms with Gasteiger partial charge in [-0.05, 0) is 12.0 Å². The van der Waals surface area contributed by atoms with Gasteiger partial charge in [0.15, 0.2) is 5.13 Å². The second-order valence-electron chi connectivity index (χ2n) is 5.04. The highest BCUT2D eigenvalue weighted by Gasteiger charge is 2.39. The third-order valence-corrected chi connectivity index (χ3v) is 4.58. The molecule has 100 valence electrons. The number of nitrogen functional groups attached to an aromatic ring is 1. The second kappa shape index (κ2) is 4.92. The minimum absolute atomic E-state index is 0.518. The first-order valence-electron chi connectivity index (χ1n) is 6.36. The summed E-state index contributed by atoms with van der Waals surface area (Å²) in [6.07, 6.45) is 2.44. The molecule has 0 bridgehead atoms. The molecule has 4 nitrogen and oxygen atoms in total. The number of rotatable bonds is 3. The normalized spacial score (nSPS) is 23.8. The van der Waals surface area contributed by atoms with Gasteiger partial charge in [0, 0.05) is 25.8 Å². The Hall–Kier alpha value is -1.43. The minimum atomic E-state index is -0.788. The van der Waals surface area contributed by atoms with Crippen LogP contribution in [0.2, 0.25) is 0 Å². The van der Waals surface area contributed by atoms with E-state index in [1.807, 2.05) is 18.2 Å². The van der Waals surface area contributed by atoms with Crippen molar-refractivity contribution in [3.8, 4) is 0 Å². The minimum Gasteiger partial charge on any atom is -0.383 e. The Morgan fingerprint density at radius 2 is 2.16 bits per heavy atom. The molecule has 1 aliphatic heterocycles. The topological polar surface area (TPSA) is 62.4 Å². The van der Waals surface area contributed by atoms with Crippen LogP contribution < -0.4 is 5.73 Å². The van der Waals surface area contributed by atoms with E-state index in [1.165, 1.54) is 16.9 Å². The number of nitrogens with zero attached hydrogens (tertiary/aromatic N) is 2. The molecule has 2 heterocycles. The van der Waals surface area contributed by atoms with E-state index in [0.717, 1.165) is 24.4 Å². The van der Waals surface area contributed by atoms with Crippen molar-refractivity contribution in [2.45, 2.75) is 18.6 Å². The summed E-state index contributed by atoms with van der Waals surface area (Å²) in [6, 6.07) is 10.3. The van der Waals surface area contributed by atoms with Crippen LogP contribution in [0.25, 0.3) is 0 Å². The molecule has 3 N–H and O–H groups in total. The van der Waals surface area contributed by atoms with Crippen molar-refractivity contribution in [3.63, 3.8) is 0 Å². The summed E-state index contributed by atoms with van der Waals surface area (Å²) in [7, 11) is 0. The van der Waals surface area contributed by atoms with E-state index in [2.05, 4.69) is 22.0 Å². The van der Waals surface area contributed by atoms with E-state index < -0.39 is 5.60 Å². The van der Waals surface area contributed by atoms with E-state index >= 15 is 0 Å². The van der Waals surface area contributed by atoms with Crippen LogP contribution in [0.15, 0.2) is 36.5 Å². The van der Waals surface area contributed by atoms with Gasteiger partial charge in [0.1, 0.15) is 5.60 Å². The molecule has 1 saturated heterocycles. The predicted octanol–water partition coefficient (Wildman–Crippen LogP) is 1.82. The number of anilines is 1. The van der Waals surface area contributed by atoms with Crippen molar-refractivity contribution in [3.05, 3.63) is 47.0 Å². The van der Waals surface area contributed by atoms with Gasteiger partial charge in [-0.25, -0.2) is 4.98 Å². The van der Waals surface area contributed by atoms with E-state index in [-0.39, 0.29) is 0 Å². The zero-order valence-electron chi connectivity index (χ0n) is 10.6. The number of nitrogens with two attached hydrogens (primary N) is 1. The number of benzene rings is 1. The Balaban J connectivity index is 1.70. The molecule has 3 rings (SSSR count). The Kier molecular flexibility index (Phi) is 3.26. The summed E-state index contributed by atoms with van der Waals surface area (Å²) in [5.41, 5.74) is 6.13. The molecule has 1 unspecified atom stereocenters. The van der Waals surface area contributed by atoms with E-state index in [9.17, 15) is 5.11 Å². The van der Waals surface area contributed by atoms with Crippen molar-refractivity contribution >= 4 is 16.5 Å². The monoisotopic (exact) mass is 275 g/mol. The van der Waals surface area contributed by atoms with Gasteiger partial charge in [-0.2, -0.15) is 0 Å². The molecule has 2 aromatic rings. The largest absolute Gasteiger partial charge is 0.383 e. The lowest BCUT2D eigenvalue weighted by atomic mass is 10.0. The highest BCUT2D eigenvalue weighted by Crippen LogP contribution is 2.36. The fourth-order valence-electron chi connectivity index (χ4n) is 2.55. The molecule has 1 atom stereocenters. The highest BCUT2D eigenvalue weighted by molar-refractivity contribution is 7.15. The van der Waals surface area contributed by atoms with E-state index in [1.54, 1.807) is 6.20 Å². The average Bonchev–Trinajstić information content (AvgIpc) is 2.99.